The summed E-state index contributed by atoms with van der Waals surface area (Å²) in [5.74, 6) is 0.913. The molecule has 0 atom stereocenters. The van der Waals surface area contributed by atoms with Crippen molar-refractivity contribution >= 4 is 27.5 Å². The summed E-state index contributed by atoms with van der Waals surface area (Å²) in [5, 5.41) is 0. The Bertz CT molecular complexity index is 615. The third-order valence-electron chi connectivity index (χ3n) is 3.30. The first kappa shape index (κ1) is 11.5. The quantitative estimate of drug-likeness (QED) is 0.805. The van der Waals surface area contributed by atoms with Crippen molar-refractivity contribution in [1.82, 2.24) is 0 Å². The molecule has 90 valence electrons. The maximum absolute atomic E-state index is 6.19. The normalized spacial score (nSPS) is 14.5. The molecule has 2 nitrogen and oxygen atoms in total. The van der Waals surface area contributed by atoms with Gasteiger partial charge in [-0.3, -0.25) is 5.73 Å². The summed E-state index contributed by atoms with van der Waals surface area (Å²) in [5.41, 5.74) is 10.0. The molecule has 0 saturated heterocycles. The number of fused-ring (bicyclic) bond motifs is 1. The number of nitrogens with zero attached hydrogens (tertiary/aromatic N) is 1. The summed E-state index contributed by atoms with van der Waals surface area (Å²) in [4.78, 5) is 0. The lowest BCUT2D eigenvalue weighted by atomic mass is 10.0. The summed E-state index contributed by atoms with van der Waals surface area (Å²) in [6.45, 7) is 0.851. The fourth-order valence-corrected chi connectivity index (χ4v) is 2.59. The summed E-state index contributed by atoms with van der Waals surface area (Å²) >= 11 is 3.45. The smallest absolute Gasteiger partial charge is 0.252 e. The Morgan fingerprint density at radius 1 is 0.944 bits per heavy atom. The second kappa shape index (κ2) is 4.58. The van der Waals surface area contributed by atoms with Gasteiger partial charge in [0.05, 0.1) is 6.42 Å². The minimum Gasteiger partial charge on any atom is -0.290 e. The highest BCUT2D eigenvalue weighted by Gasteiger charge is 2.21. The van der Waals surface area contributed by atoms with Gasteiger partial charge in [-0.1, -0.05) is 40.2 Å². The van der Waals surface area contributed by atoms with Gasteiger partial charge in [-0.15, -0.1) is 0 Å². The van der Waals surface area contributed by atoms with E-state index >= 15 is 0 Å². The van der Waals surface area contributed by atoms with Gasteiger partial charge in [-0.25, -0.2) is 4.58 Å². The van der Waals surface area contributed by atoms with Crippen LogP contribution in [0, 0.1) is 0 Å². The van der Waals surface area contributed by atoms with Crippen LogP contribution in [0.5, 0.6) is 0 Å². The lowest BCUT2D eigenvalue weighted by Crippen LogP contribution is -2.31. The van der Waals surface area contributed by atoms with Crippen molar-refractivity contribution in [1.29, 1.82) is 0 Å². The lowest BCUT2D eigenvalue weighted by molar-refractivity contribution is -0.462. The average Bonchev–Trinajstić information content (AvgIpc) is 2.39. The molecule has 0 spiro atoms. The largest absolute Gasteiger partial charge is 0.290 e. The first-order chi connectivity index (χ1) is 8.74. The zero-order chi connectivity index (χ0) is 12.5. The third kappa shape index (κ3) is 2.06. The van der Waals surface area contributed by atoms with Crippen LogP contribution < -0.4 is 5.73 Å². The van der Waals surface area contributed by atoms with Crippen molar-refractivity contribution in [3.05, 3.63) is 64.1 Å². The molecule has 1 heterocycles. The molecule has 0 amide bonds. The number of rotatable bonds is 1. The minimum absolute atomic E-state index is 0.826. The molecular weight excluding hydrogens is 288 g/mol. The Hall–Kier alpha value is -1.61. The van der Waals surface area contributed by atoms with Gasteiger partial charge in [0.25, 0.3) is 5.84 Å². The number of amidine groups is 1. The van der Waals surface area contributed by atoms with Gasteiger partial charge in [0.15, 0.2) is 0 Å². The van der Waals surface area contributed by atoms with Crippen molar-refractivity contribution in [2.24, 2.45) is 5.73 Å². The Balaban J connectivity index is 2.01. The van der Waals surface area contributed by atoms with Crippen LogP contribution >= 0.6 is 15.9 Å². The first-order valence-corrected chi connectivity index (χ1v) is 6.74. The molecule has 2 aromatic carbocycles. The molecule has 2 N–H and O–H groups in total. The predicted octanol–water partition coefficient (Wildman–Crippen LogP) is 3.21. The molecule has 0 bridgehead atoms. The van der Waals surface area contributed by atoms with Gasteiger partial charge in [-0.05, 0) is 35.4 Å². The van der Waals surface area contributed by atoms with Gasteiger partial charge < -0.3 is 0 Å². The second-order valence-corrected chi connectivity index (χ2v) is 5.42. The van der Waals surface area contributed by atoms with Crippen LogP contribution in [0.3, 0.4) is 0 Å². The van der Waals surface area contributed by atoms with Crippen molar-refractivity contribution in [3.8, 4) is 0 Å². The van der Waals surface area contributed by atoms with Gasteiger partial charge in [0.1, 0.15) is 12.2 Å². The highest BCUT2D eigenvalue weighted by Crippen LogP contribution is 2.23. The standard InChI is InChI=1S/C15H13BrN2/c16-13-5-7-14(8-6-13)18-10-12-4-2-1-3-11(12)9-15(18)17/h1-8,17H,9-10H2/p+1. The van der Waals surface area contributed by atoms with E-state index in [0.717, 1.165) is 29.0 Å². The molecule has 0 fully saturated rings. The minimum atomic E-state index is 0.826. The van der Waals surface area contributed by atoms with Crippen LogP contribution in [0.2, 0.25) is 0 Å². The van der Waals surface area contributed by atoms with Gasteiger partial charge in [-0.2, -0.15) is 0 Å². The summed E-state index contributed by atoms with van der Waals surface area (Å²) in [7, 11) is 0. The summed E-state index contributed by atoms with van der Waals surface area (Å²) in [6.07, 6.45) is 0.826. The van der Waals surface area contributed by atoms with Crippen molar-refractivity contribution in [2.75, 3.05) is 0 Å². The molecule has 3 heteroatoms. The number of halogens is 1. The van der Waals surface area contributed by atoms with E-state index in [9.17, 15) is 0 Å². The van der Waals surface area contributed by atoms with E-state index in [1.54, 1.807) is 0 Å². The van der Waals surface area contributed by atoms with Crippen molar-refractivity contribution in [2.45, 2.75) is 13.0 Å². The van der Waals surface area contributed by atoms with Crippen LogP contribution in [-0.2, 0) is 13.0 Å². The SMILES string of the molecule is NC1=[N+](c2ccc(Br)cc2)Cc2ccccc2C1. The zero-order valence-corrected chi connectivity index (χ0v) is 11.5. The molecule has 2 aromatic rings. The van der Waals surface area contributed by atoms with Gasteiger partial charge in [0, 0.05) is 4.47 Å². The molecule has 0 aromatic heterocycles. The molecule has 18 heavy (non-hydrogen) atoms. The summed E-state index contributed by atoms with van der Waals surface area (Å²) in [6, 6.07) is 16.7. The van der Waals surface area contributed by atoms with Gasteiger partial charge >= 0.3 is 0 Å². The molecule has 0 aliphatic carbocycles. The predicted molar refractivity (Wildman–Crippen MR) is 77.1 cm³/mol. The van der Waals surface area contributed by atoms with E-state index in [2.05, 4.69) is 56.9 Å². The van der Waals surface area contributed by atoms with Crippen LogP contribution in [-0.4, -0.2) is 10.4 Å². The van der Waals surface area contributed by atoms with Crippen LogP contribution in [0.1, 0.15) is 11.1 Å². The molecule has 0 unspecified atom stereocenters. The molecule has 1 aliphatic rings. The van der Waals surface area contributed by atoms with Crippen molar-refractivity contribution < 1.29 is 4.58 Å². The van der Waals surface area contributed by atoms with E-state index in [4.69, 9.17) is 5.73 Å². The average molecular weight is 302 g/mol. The van der Waals surface area contributed by atoms with Gasteiger partial charge in [0.2, 0.25) is 0 Å². The van der Waals surface area contributed by atoms with E-state index in [1.807, 2.05) is 12.1 Å². The molecule has 1 aliphatic heterocycles. The highest BCUT2D eigenvalue weighted by atomic mass is 79.9. The lowest BCUT2D eigenvalue weighted by Gasteiger charge is -2.18. The second-order valence-electron chi connectivity index (χ2n) is 4.50. The zero-order valence-electron chi connectivity index (χ0n) is 9.94. The number of nitrogens with two attached hydrogens (primary N) is 1. The molecular formula is C15H14BrN2+. The monoisotopic (exact) mass is 301 g/mol. The maximum atomic E-state index is 6.19. The molecule has 0 radical (unpaired) electrons. The fraction of sp³-hybridized carbons (Fsp3) is 0.133. The Morgan fingerprint density at radius 2 is 1.61 bits per heavy atom. The van der Waals surface area contributed by atoms with E-state index < -0.39 is 0 Å². The van der Waals surface area contributed by atoms with Crippen LogP contribution in [0.15, 0.2) is 53.0 Å². The fourth-order valence-electron chi connectivity index (χ4n) is 2.32. The Kier molecular flexibility index (Phi) is 2.92. The van der Waals surface area contributed by atoms with Crippen LogP contribution in [0.25, 0.3) is 0 Å². The topological polar surface area (TPSA) is 29.0 Å². The first-order valence-electron chi connectivity index (χ1n) is 5.95. The van der Waals surface area contributed by atoms with E-state index in [-0.39, 0.29) is 0 Å². The Morgan fingerprint density at radius 3 is 2.33 bits per heavy atom. The van der Waals surface area contributed by atoms with E-state index in [0.29, 0.717) is 0 Å². The van der Waals surface area contributed by atoms with E-state index in [1.165, 1.54) is 11.1 Å². The number of hydrogen-bond donors (Lipinski definition) is 1. The maximum Gasteiger partial charge on any atom is 0.252 e. The highest BCUT2D eigenvalue weighted by molar-refractivity contribution is 9.10. The van der Waals surface area contributed by atoms with Crippen molar-refractivity contribution in [3.63, 3.8) is 0 Å². The molecule has 0 saturated carbocycles. The van der Waals surface area contributed by atoms with Crippen LogP contribution in [0.4, 0.5) is 5.69 Å². The number of hydrogen-bond acceptors (Lipinski definition) is 1. The summed E-state index contributed by atoms with van der Waals surface area (Å²) < 4.78 is 3.26. The third-order valence-corrected chi connectivity index (χ3v) is 3.83. The number of benzene rings is 2. The Labute approximate surface area is 115 Å². The molecule has 3 rings (SSSR count).